The number of anilines is 1. The third-order valence-corrected chi connectivity index (χ3v) is 4.42. The van der Waals surface area contributed by atoms with Gasteiger partial charge < -0.3 is 5.32 Å². The van der Waals surface area contributed by atoms with Gasteiger partial charge in [0.25, 0.3) is 0 Å². The number of hydrogen-bond donors (Lipinski definition) is 1. The van der Waals surface area contributed by atoms with E-state index < -0.39 is 0 Å². The van der Waals surface area contributed by atoms with E-state index in [4.69, 9.17) is 0 Å². The lowest BCUT2D eigenvalue weighted by molar-refractivity contribution is 0.466. The lowest BCUT2D eigenvalue weighted by Gasteiger charge is -2.15. The van der Waals surface area contributed by atoms with Gasteiger partial charge in [-0.15, -0.1) is 0 Å². The third-order valence-electron chi connectivity index (χ3n) is 4.01. The highest BCUT2D eigenvalue weighted by Gasteiger charge is 2.53. The van der Waals surface area contributed by atoms with Crippen LogP contribution in [0.1, 0.15) is 38.4 Å². The maximum atomic E-state index is 4.51. The Hall–Kier alpha value is -0.640. The van der Waals surface area contributed by atoms with Crippen LogP contribution in [0.2, 0.25) is 0 Å². The minimum absolute atomic E-state index is 0.615. The molecule has 0 bridgehead atoms. The number of rotatable bonds is 5. The predicted molar refractivity (Wildman–Crippen MR) is 72.0 cm³/mol. The average molecular weight is 296 g/mol. The van der Waals surface area contributed by atoms with E-state index in [9.17, 15) is 0 Å². The molecule has 0 aliphatic heterocycles. The van der Waals surface area contributed by atoms with E-state index in [2.05, 4.69) is 38.1 Å². The average Bonchev–Trinajstić information content (AvgIpc) is 3.15. The highest BCUT2D eigenvalue weighted by atomic mass is 79.9. The van der Waals surface area contributed by atoms with Gasteiger partial charge in [-0.1, -0.05) is 6.92 Å². The van der Waals surface area contributed by atoms with Crippen LogP contribution in [0.25, 0.3) is 0 Å². The summed E-state index contributed by atoms with van der Waals surface area (Å²) in [5.74, 6) is 2.86. The quantitative estimate of drug-likeness (QED) is 0.846. The predicted octanol–water partition coefficient (Wildman–Crippen LogP) is 3.40. The van der Waals surface area contributed by atoms with E-state index in [-0.39, 0.29) is 0 Å². The van der Waals surface area contributed by atoms with Crippen molar-refractivity contribution in [1.29, 1.82) is 0 Å². The van der Waals surface area contributed by atoms with Crippen LogP contribution in [0.4, 0.5) is 5.82 Å². The molecule has 1 N–H and O–H groups in total. The van der Waals surface area contributed by atoms with E-state index in [1.54, 1.807) is 0 Å². The summed E-state index contributed by atoms with van der Waals surface area (Å²) in [5.41, 5.74) is 0.615. The van der Waals surface area contributed by atoms with Crippen molar-refractivity contribution in [2.24, 2.45) is 11.3 Å². The highest BCUT2D eigenvalue weighted by Crippen LogP contribution is 2.61. The molecule has 92 valence electrons. The summed E-state index contributed by atoms with van der Waals surface area (Å²) in [5, 5.41) is 3.50. The van der Waals surface area contributed by atoms with E-state index in [0.29, 0.717) is 5.41 Å². The zero-order valence-corrected chi connectivity index (χ0v) is 11.8. The van der Waals surface area contributed by atoms with Crippen molar-refractivity contribution in [3.8, 4) is 0 Å². The zero-order chi connectivity index (χ0) is 11.9. The van der Waals surface area contributed by atoms with Crippen LogP contribution >= 0.6 is 15.9 Å². The van der Waals surface area contributed by atoms with Gasteiger partial charge in [-0.25, -0.2) is 9.97 Å². The van der Waals surface area contributed by atoms with Crippen LogP contribution in [-0.4, -0.2) is 16.5 Å². The molecule has 2 aliphatic rings. The van der Waals surface area contributed by atoms with Crippen LogP contribution in [-0.2, 0) is 6.42 Å². The Bertz CT molecular complexity index is 425. The lowest BCUT2D eigenvalue weighted by atomic mass is 10.0. The summed E-state index contributed by atoms with van der Waals surface area (Å²) in [6, 6.07) is 1.97. The Kier molecular flexibility index (Phi) is 2.85. The topological polar surface area (TPSA) is 37.8 Å². The molecule has 1 aromatic heterocycles. The first-order chi connectivity index (χ1) is 8.22. The lowest BCUT2D eigenvalue weighted by Crippen LogP contribution is -2.18. The van der Waals surface area contributed by atoms with Gasteiger partial charge in [0.2, 0.25) is 0 Å². The Labute approximate surface area is 111 Å². The van der Waals surface area contributed by atoms with Crippen molar-refractivity contribution < 1.29 is 0 Å². The SMILES string of the molecule is CCc1nc(Br)cc(NCC2(C3CC3)CC2)n1. The van der Waals surface area contributed by atoms with Crippen molar-refractivity contribution >= 4 is 21.7 Å². The first-order valence-electron chi connectivity index (χ1n) is 6.49. The fourth-order valence-corrected chi connectivity index (χ4v) is 2.99. The fraction of sp³-hybridized carbons (Fsp3) is 0.692. The minimum atomic E-state index is 0.615. The molecule has 2 saturated carbocycles. The maximum absolute atomic E-state index is 4.51. The molecule has 0 saturated heterocycles. The van der Waals surface area contributed by atoms with Gasteiger partial charge in [-0.2, -0.15) is 0 Å². The standard InChI is InChI=1S/C13H18BrN3/c1-2-11-16-10(14)7-12(17-11)15-8-13(5-6-13)9-3-4-9/h7,9H,2-6,8H2,1H3,(H,15,16,17). The molecular formula is C13H18BrN3. The molecule has 0 aromatic carbocycles. The van der Waals surface area contributed by atoms with E-state index in [1.165, 1.54) is 25.7 Å². The summed E-state index contributed by atoms with van der Waals surface area (Å²) in [7, 11) is 0. The van der Waals surface area contributed by atoms with Crippen molar-refractivity contribution in [2.75, 3.05) is 11.9 Å². The second-order valence-electron chi connectivity index (χ2n) is 5.34. The third kappa shape index (κ3) is 2.46. The number of halogens is 1. The summed E-state index contributed by atoms with van der Waals surface area (Å²) >= 11 is 3.44. The molecule has 1 aromatic rings. The monoisotopic (exact) mass is 295 g/mol. The van der Waals surface area contributed by atoms with Gasteiger partial charge >= 0.3 is 0 Å². The number of hydrogen-bond acceptors (Lipinski definition) is 3. The molecule has 0 unspecified atom stereocenters. The van der Waals surface area contributed by atoms with E-state index in [0.717, 1.165) is 35.1 Å². The number of aryl methyl sites for hydroxylation is 1. The molecule has 17 heavy (non-hydrogen) atoms. The molecule has 0 radical (unpaired) electrons. The van der Waals surface area contributed by atoms with Gasteiger partial charge in [0.05, 0.1) is 0 Å². The number of nitrogens with one attached hydrogen (secondary N) is 1. The largest absolute Gasteiger partial charge is 0.369 e. The molecule has 3 rings (SSSR count). The number of aromatic nitrogens is 2. The molecule has 0 atom stereocenters. The van der Waals surface area contributed by atoms with Gasteiger partial charge in [0, 0.05) is 19.0 Å². The van der Waals surface area contributed by atoms with Crippen LogP contribution < -0.4 is 5.32 Å². The first-order valence-corrected chi connectivity index (χ1v) is 7.28. The Morgan fingerprint density at radius 2 is 2.18 bits per heavy atom. The smallest absolute Gasteiger partial charge is 0.131 e. The fourth-order valence-electron chi connectivity index (χ4n) is 2.57. The summed E-state index contributed by atoms with van der Waals surface area (Å²) < 4.78 is 0.878. The first kappa shape index (κ1) is 11.5. The minimum Gasteiger partial charge on any atom is -0.369 e. The van der Waals surface area contributed by atoms with Crippen LogP contribution in [0, 0.1) is 11.3 Å². The second-order valence-corrected chi connectivity index (χ2v) is 6.15. The van der Waals surface area contributed by atoms with Crippen LogP contribution in [0.15, 0.2) is 10.7 Å². The van der Waals surface area contributed by atoms with Crippen LogP contribution in [0.3, 0.4) is 0 Å². The summed E-state index contributed by atoms with van der Waals surface area (Å²) in [6.07, 6.45) is 6.56. The summed E-state index contributed by atoms with van der Waals surface area (Å²) in [6.45, 7) is 3.17. The Morgan fingerprint density at radius 1 is 1.41 bits per heavy atom. The van der Waals surface area contributed by atoms with Crippen molar-refractivity contribution in [3.63, 3.8) is 0 Å². The Morgan fingerprint density at radius 3 is 2.76 bits per heavy atom. The van der Waals surface area contributed by atoms with Gasteiger partial charge in [0.15, 0.2) is 0 Å². The van der Waals surface area contributed by atoms with E-state index >= 15 is 0 Å². The Balaban J connectivity index is 1.66. The second kappa shape index (κ2) is 4.23. The maximum Gasteiger partial charge on any atom is 0.131 e. The van der Waals surface area contributed by atoms with Crippen LogP contribution in [0.5, 0.6) is 0 Å². The van der Waals surface area contributed by atoms with Crippen molar-refractivity contribution in [3.05, 3.63) is 16.5 Å². The molecule has 0 amide bonds. The molecule has 2 fully saturated rings. The zero-order valence-electron chi connectivity index (χ0n) is 10.2. The van der Waals surface area contributed by atoms with Gasteiger partial charge in [0.1, 0.15) is 16.2 Å². The molecule has 0 spiro atoms. The molecular weight excluding hydrogens is 278 g/mol. The highest BCUT2D eigenvalue weighted by molar-refractivity contribution is 9.10. The summed E-state index contributed by atoms with van der Waals surface area (Å²) in [4.78, 5) is 8.84. The van der Waals surface area contributed by atoms with Gasteiger partial charge in [-0.05, 0) is 52.9 Å². The normalized spacial score (nSPS) is 21.3. The van der Waals surface area contributed by atoms with Gasteiger partial charge in [-0.3, -0.25) is 0 Å². The molecule has 1 heterocycles. The molecule has 3 nitrogen and oxygen atoms in total. The molecule has 2 aliphatic carbocycles. The van der Waals surface area contributed by atoms with Crippen molar-refractivity contribution in [1.82, 2.24) is 9.97 Å². The van der Waals surface area contributed by atoms with Crippen molar-refractivity contribution in [2.45, 2.75) is 39.0 Å². The molecule has 4 heteroatoms. The van der Waals surface area contributed by atoms with E-state index in [1.807, 2.05) is 6.07 Å². The number of nitrogens with zero attached hydrogens (tertiary/aromatic N) is 2.